The Hall–Kier alpha value is -2.90. The topological polar surface area (TPSA) is 108 Å². The molecule has 0 aromatic heterocycles. The number of amides is 3. The Bertz CT molecular complexity index is 811. The molecule has 2 atom stereocenters. The van der Waals surface area contributed by atoms with E-state index >= 15 is 0 Å². The fraction of sp³-hybridized carbons (Fsp3) is 0.565. The molecule has 2 aliphatic rings. The van der Waals surface area contributed by atoms with Crippen LogP contribution in [-0.4, -0.2) is 54.0 Å². The number of likely N-dealkylation sites (tertiary alicyclic amines) is 1. The van der Waals surface area contributed by atoms with Gasteiger partial charge in [-0.1, -0.05) is 44.4 Å². The van der Waals surface area contributed by atoms with Gasteiger partial charge in [0.15, 0.2) is 0 Å². The van der Waals surface area contributed by atoms with Gasteiger partial charge in [0.05, 0.1) is 11.6 Å². The fourth-order valence-electron chi connectivity index (χ4n) is 4.15. The summed E-state index contributed by atoms with van der Waals surface area (Å²) in [4.78, 5) is 39.3. The molecule has 0 radical (unpaired) electrons. The molecule has 1 aromatic carbocycles. The predicted molar refractivity (Wildman–Crippen MR) is 120 cm³/mol. The number of unbranched alkanes of at least 4 members (excludes halogenated alkanes) is 3. The summed E-state index contributed by atoms with van der Waals surface area (Å²) in [6, 6.07) is 8.53. The molecule has 3 amide bonds. The van der Waals surface area contributed by atoms with Crippen LogP contribution < -0.4 is 16.1 Å². The van der Waals surface area contributed by atoms with Gasteiger partial charge in [-0.15, -0.1) is 0 Å². The van der Waals surface area contributed by atoms with Crippen molar-refractivity contribution in [1.29, 1.82) is 0 Å². The van der Waals surface area contributed by atoms with E-state index in [0.717, 1.165) is 32.1 Å². The van der Waals surface area contributed by atoms with Crippen LogP contribution in [0.1, 0.15) is 51.9 Å². The number of nitrogens with one attached hydrogen (secondary N) is 1. The Balaban J connectivity index is 1.61. The predicted octanol–water partition coefficient (Wildman–Crippen LogP) is 2.04. The highest BCUT2D eigenvalue weighted by atomic mass is 16.2. The second-order valence-corrected chi connectivity index (χ2v) is 8.29. The largest absolute Gasteiger partial charge is 0.368 e. The first kappa shape index (κ1) is 22.8. The Labute approximate surface area is 183 Å². The van der Waals surface area contributed by atoms with Crippen molar-refractivity contribution in [3.63, 3.8) is 0 Å². The number of anilines is 1. The van der Waals surface area contributed by atoms with Gasteiger partial charge in [-0.25, -0.2) is 0 Å². The van der Waals surface area contributed by atoms with Crippen LogP contribution in [0.25, 0.3) is 0 Å². The standard InChI is InChI=1S/C23H33N5O3/c1-2-3-4-8-13-25-22(30)17-10-9-14-27(16-17)23(31)19-15-20(21(24)29)28(26-19)18-11-6-5-7-12-18/h5-7,11-12,17,20H,2-4,8-10,13-16H2,1H3,(H2,24,29)(H,25,30). The SMILES string of the molecule is CCCCCCNC(=O)C1CCCN(C(=O)C2=NN(c3ccccc3)C(C(N)=O)C2)C1. The van der Waals surface area contributed by atoms with Gasteiger partial charge in [0.2, 0.25) is 11.8 Å². The summed E-state index contributed by atoms with van der Waals surface area (Å²) >= 11 is 0. The molecule has 8 heteroatoms. The molecule has 168 valence electrons. The van der Waals surface area contributed by atoms with E-state index in [1.54, 1.807) is 4.90 Å². The number of nitrogens with zero attached hydrogens (tertiary/aromatic N) is 3. The number of nitrogens with two attached hydrogens (primary N) is 1. The number of rotatable bonds is 9. The van der Waals surface area contributed by atoms with Crippen LogP contribution in [0.15, 0.2) is 35.4 Å². The first-order valence-corrected chi connectivity index (χ1v) is 11.3. The molecule has 2 aliphatic heterocycles. The van der Waals surface area contributed by atoms with Gasteiger partial charge < -0.3 is 16.0 Å². The number of piperidine rings is 1. The maximum Gasteiger partial charge on any atom is 0.270 e. The van der Waals surface area contributed by atoms with Gasteiger partial charge in [-0.2, -0.15) is 5.10 Å². The Morgan fingerprint density at radius 3 is 2.65 bits per heavy atom. The summed E-state index contributed by atoms with van der Waals surface area (Å²) in [6.07, 6.45) is 6.16. The molecule has 1 saturated heterocycles. The Kier molecular flexibility index (Phi) is 8.03. The van der Waals surface area contributed by atoms with Gasteiger partial charge in [-0.05, 0) is 31.4 Å². The van der Waals surface area contributed by atoms with E-state index in [4.69, 9.17) is 5.73 Å². The lowest BCUT2D eigenvalue weighted by Crippen LogP contribution is -2.47. The number of hydrogen-bond acceptors (Lipinski definition) is 5. The van der Waals surface area contributed by atoms with Crippen LogP contribution in [0.2, 0.25) is 0 Å². The normalized spacial score (nSPS) is 21.0. The molecular weight excluding hydrogens is 394 g/mol. The van der Waals surface area contributed by atoms with Gasteiger partial charge in [-0.3, -0.25) is 19.4 Å². The van der Waals surface area contributed by atoms with E-state index in [1.807, 2.05) is 30.3 Å². The summed E-state index contributed by atoms with van der Waals surface area (Å²) in [5, 5.41) is 8.98. The molecule has 3 rings (SSSR count). The van der Waals surface area contributed by atoms with Crippen LogP contribution in [0.4, 0.5) is 5.69 Å². The van der Waals surface area contributed by atoms with Crippen LogP contribution >= 0.6 is 0 Å². The van der Waals surface area contributed by atoms with Gasteiger partial charge in [0.25, 0.3) is 5.91 Å². The Morgan fingerprint density at radius 1 is 1.16 bits per heavy atom. The molecular formula is C23H33N5O3. The molecule has 3 N–H and O–H groups in total. The summed E-state index contributed by atoms with van der Waals surface area (Å²) < 4.78 is 0. The second kappa shape index (κ2) is 10.9. The summed E-state index contributed by atoms with van der Waals surface area (Å²) in [6.45, 7) is 3.81. The lowest BCUT2D eigenvalue weighted by Gasteiger charge is -2.32. The average molecular weight is 428 g/mol. The zero-order valence-electron chi connectivity index (χ0n) is 18.3. The number of primary amides is 1. The average Bonchev–Trinajstić information content (AvgIpc) is 3.25. The quantitative estimate of drug-likeness (QED) is 0.588. The first-order chi connectivity index (χ1) is 15.0. The summed E-state index contributed by atoms with van der Waals surface area (Å²) in [5.74, 6) is -0.925. The number of hydrogen-bond donors (Lipinski definition) is 2. The molecule has 0 saturated carbocycles. The Morgan fingerprint density at radius 2 is 1.94 bits per heavy atom. The van der Waals surface area contributed by atoms with Crippen LogP contribution in [0.3, 0.4) is 0 Å². The molecule has 8 nitrogen and oxygen atoms in total. The van der Waals surface area contributed by atoms with Crippen molar-refractivity contribution >= 4 is 29.1 Å². The molecule has 0 spiro atoms. The number of para-hydroxylation sites is 1. The van der Waals surface area contributed by atoms with Gasteiger partial charge >= 0.3 is 0 Å². The van der Waals surface area contributed by atoms with Crippen molar-refractivity contribution < 1.29 is 14.4 Å². The van der Waals surface area contributed by atoms with E-state index in [0.29, 0.717) is 31.0 Å². The van der Waals surface area contributed by atoms with Crippen molar-refractivity contribution in [2.24, 2.45) is 16.8 Å². The van der Waals surface area contributed by atoms with Crippen molar-refractivity contribution in [1.82, 2.24) is 10.2 Å². The van der Waals surface area contributed by atoms with E-state index in [1.165, 1.54) is 11.4 Å². The summed E-state index contributed by atoms with van der Waals surface area (Å²) in [5.41, 5.74) is 6.60. The highest BCUT2D eigenvalue weighted by molar-refractivity contribution is 6.40. The number of hydrazone groups is 1. The maximum absolute atomic E-state index is 13.1. The highest BCUT2D eigenvalue weighted by Crippen LogP contribution is 2.26. The minimum absolute atomic E-state index is 0.0169. The molecule has 0 aliphatic carbocycles. The summed E-state index contributed by atoms with van der Waals surface area (Å²) in [7, 11) is 0. The zero-order valence-corrected chi connectivity index (χ0v) is 18.3. The maximum atomic E-state index is 13.1. The second-order valence-electron chi connectivity index (χ2n) is 8.29. The third kappa shape index (κ3) is 5.83. The smallest absolute Gasteiger partial charge is 0.270 e. The van der Waals surface area contributed by atoms with E-state index in [2.05, 4.69) is 17.3 Å². The van der Waals surface area contributed by atoms with Crippen LogP contribution in [-0.2, 0) is 14.4 Å². The van der Waals surface area contributed by atoms with Crippen molar-refractivity contribution in [3.8, 4) is 0 Å². The zero-order chi connectivity index (χ0) is 22.2. The first-order valence-electron chi connectivity index (χ1n) is 11.3. The molecule has 31 heavy (non-hydrogen) atoms. The lowest BCUT2D eigenvalue weighted by atomic mass is 9.96. The highest BCUT2D eigenvalue weighted by Gasteiger charge is 2.38. The minimum Gasteiger partial charge on any atom is -0.368 e. The van der Waals surface area contributed by atoms with Gasteiger partial charge in [0, 0.05) is 26.1 Å². The van der Waals surface area contributed by atoms with Crippen LogP contribution in [0, 0.1) is 5.92 Å². The number of carbonyl (C=O) groups is 3. The molecule has 1 fully saturated rings. The molecule has 2 heterocycles. The number of benzene rings is 1. The lowest BCUT2D eigenvalue weighted by molar-refractivity contribution is -0.131. The van der Waals surface area contributed by atoms with E-state index in [-0.39, 0.29) is 24.2 Å². The van der Waals surface area contributed by atoms with Crippen molar-refractivity contribution in [2.75, 3.05) is 24.6 Å². The molecule has 1 aromatic rings. The van der Waals surface area contributed by atoms with E-state index in [9.17, 15) is 14.4 Å². The third-order valence-corrected chi connectivity index (χ3v) is 5.92. The van der Waals surface area contributed by atoms with E-state index < -0.39 is 11.9 Å². The monoisotopic (exact) mass is 427 g/mol. The third-order valence-electron chi connectivity index (χ3n) is 5.92. The fourth-order valence-corrected chi connectivity index (χ4v) is 4.15. The minimum atomic E-state index is -0.687. The number of carbonyl (C=O) groups excluding carboxylic acids is 3. The van der Waals surface area contributed by atoms with Gasteiger partial charge in [0.1, 0.15) is 11.8 Å². The molecule has 2 unspecified atom stereocenters. The molecule has 0 bridgehead atoms. The van der Waals surface area contributed by atoms with Crippen molar-refractivity contribution in [2.45, 2.75) is 57.9 Å². The van der Waals surface area contributed by atoms with Crippen LogP contribution in [0.5, 0.6) is 0 Å². The van der Waals surface area contributed by atoms with Crippen molar-refractivity contribution in [3.05, 3.63) is 30.3 Å².